The molecule has 1 heterocycles. The van der Waals surface area contributed by atoms with Crippen molar-refractivity contribution < 1.29 is 23.9 Å². The Hall–Kier alpha value is -1.72. The second kappa shape index (κ2) is 5.58. The van der Waals surface area contributed by atoms with Crippen molar-refractivity contribution in [2.45, 2.75) is 40.0 Å². The van der Waals surface area contributed by atoms with E-state index in [9.17, 15) is 19.2 Å². The van der Waals surface area contributed by atoms with E-state index in [4.69, 9.17) is 4.74 Å². The number of Topliss-reactive ketones (excluding diaryl/α,β-unsaturated/α-hetero) is 1. The Kier molecular flexibility index (Phi) is 4.16. The third-order valence-electron chi connectivity index (χ3n) is 4.47. The molecule has 1 saturated heterocycles. The minimum Gasteiger partial charge on any atom is -0.465 e. The molecule has 0 bridgehead atoms. The number of carbonyl (C=O) groups is 4. The van der Waals surface area contributed by atoms with Gasteiger partial charge in [-0.1, -0.05) is 6.42 Å². The van der Waals surface area contributed by atoms with Crippen LogP contribution in [0.4, 0.5) is 0 Å². The summed E-state index contributed by atoms with van der Waals surface area (Å²) in [5.41, 5.74) is -1.35. The lowest BCUT2D eigenvalue weighted by atomic mass is 9.88. The van der Waals surface area contributed by atoms with E-state index in [0.717, 1.165) is 11.3 Å². The second-order valence-electron chi connectivity index (χ2n) is 6.18. The van der Waals surface area contributed by atoms with Crippen molar-refractivity contribution in [2.24, 2.45) is 17.3 Å². The van der Waals surface area contributed by atoms with Crippen LogP contribution in [0.1, 0.15) is 40.0 Å². The first-order valence-electron chi connectivity index (χ1n) is 7.36. The minimum absolute atomic E-state index is 0.182. The lowest BCUT2D eigenvalue weighted by Gasteiger charge is -2.23. The number of ketones is 1. The molecule has 0 aromatic heterocycles. The fourth-order valence-corrected chi connectivity index (χ4v) is 2.98. The first-order chi connectivity index (χ1) is 9.80. The molecule has 0 radical (unpaired) electrons. The highest BCUT2D eigenvalue weighted by atomic mass is 16.5. The molecule has 2 amide bonds. The Bertz CT molecular complexity index is 474. The van der Waals surface area contributed by atoms with Crippen LogP contribution < -0.4 is 0 Å². The quantitative estimate of drug-likeness (QED) is 0.428. The van der Waals surface area contributed by atoms with Crippen molar-refractivity contribution in [3.05, 3.63) is 0 Å². The summed E-state index contributed by atoms with van der Waals surface area (Å²) in [7, 11) is 0. The third kappa shape index (κ3) is 2.59. The van der Waals surface area contributed by atoms with Gasteiger partial charge in [0.1, 0.15) is 5.41 Å². The van der Waals surface area contributed by atoms with Crippen molar-refractivity contribution in [3.63, 3.8) is 0 Å². The highest BCUT2D eigenvalue weighted by molar-refractivity contribution is 6.11. The lowest BCUT2D eigenvalue weighted by molar-refractivity contribution is -0.160. The zero-order valence-electron chi connectivity index (χ0n) is 12.7. The summed E-state index contributed by atoms with van der Waals surface area (Å²) in [6.07, 6.45) is 2.30. The number of carbonyl (C=O) groups excluding carboxylic acids is 4. The summed E-state index contributed by atoms with van der Waals surface area (Å²) in [5, 5.41) is 0. The van der Waals surface area contributed by atoms with Crippen LogP contribution in [0.25, 0.3) is 0 Å². The first kappa shape index (κ1) is 15.7. The largest absolute Gasteiger partial charge is 0.465 e. The van der Waals surface area contributed by atoms with E-state index < -0.39 is 17.2 Å². The summed E-state index contributed by atoms with van der Waals surface area (Å²) in [5.74, 6) is -2.17. The van der Waals surface area contributed by atoms with Crippen LogP contribution in [0.5, 0.6) is 0 Å². The van der Waals surface area contributed by atoms with Crippen LogP contribution in [0, 0.1) is 17.3 Å². The number of amides is 2. The Balaban J connectivity index is 2.08. The van der Waals surface area contributed by atoms with Gasteiger partial charge in [0, 0.05) is 0 Å². The molecule has 1 saturated carbocycles. The molecule has 21 heavy (non-hydrogen) atoms. The van der Waals surface area contributed by atoms with Gasteiger partial charge in [-0.3, -0.25) is 24.1 Å². The molecule has 6 heteroatoms. The minimum atomic E-state index is -1.35. The average Bonchev–Trinajstić information content (AvgIpc) is 2.99. The molecule has 2 fully saturated rings. The fraction of sp³-hybridized carbons (Fsp3) is 0.733. The van der Waals surface area contributed by atoms with Gasteiger partial charge >= 0.3 is 5.97 Å². The smallest absolute Gasteiger partial charge is 0.319 e. The molecule has 1 aliphatic heterocycles. The Morgan fingerprint density at radius 1 is 1.19 bits per heavy atom. The van der Waals surface area contributed by atoms with E-state index in [2.05, 4.69) is 0 Å². The van der Waals surface area contributed by atoms with Gasteiger partial charge in [0.2, 0.25) is 11.8 Å². The van der Waals surface area contributed by atoms with Gasteiger partial charge < -0.3 is 4.74 Å². The summed E-state index contributed by atoms with van der Waals surface area (Å²) in [6.45, 7) is 4.42. The molecule has 1 aliphatic carbocycles. The zero-order valence-corrected chi connectivity index (χ0v) is 12.7. The number of ether oxygens (including phenoxy) is 1. The second-order valence-corrected chi connectivity index (χ2v) is 6.18. The number of imide groups is 1. The number of likely N-dealkylation sites (tertiary alicyclic amines) is 1. The Morgan fingerprint density at radius 2 is 1.71 bits per heavy atom. The molecule has 0 N–H and O–H groups in total. The maximum absolute atomic E-state index is 12.3. The maximum Gasteiger partial charge on any atom is 0.319 e. The number of esters is 1. The van der Waals surface area contributed by atoms with Crippen LogP contribution in [0.3, 0.4) is 0 Å². The molecule has 2 atom stereocenters. The van der Waals surface area contributed by atoms with Crippen LogP contribution in [-0.4, -0.2) is 41.6 Å². The molecule has 2 rings (SSSR count). The highest BCUT2D eigenvalue weighted by Crippen LogP contribution is 2.39. The molecule has 6 nitrogen and oxygen atoms in total. The molecular formula is C15H21NO5. The van der Waals surface area contributed by atoms with E-state index >= 15 is 0 Å². The Morgan fingerprint density at radius 3 is 2.19 bits per heavy atom. The number of fused-ring (bicyclic) bond motifs is 1. The summed E-state index contributed by atoms with van der Waals surface area (Å²) in [6, 6.07) is 0. The van der Waals surface area contributed by atoms with Gasteiger partial charge in [-0.05, 0) is 33.6 Å². The van der Waals surface area contributed by atoms with Crippen LogP contribution in [0.15, 0.2) is 0 Å². The van der Waals surface area contributed by atoms with Crippen LogP contribution in [-0.2, 0) is 23.9 Å². The summed E-state index contributed by atoms with van der Waals surface area (Å²) in [4.78, 5) is 49.5. The van der Waals surface area contributed by atoms with Gasteiger partial charge in [0.15, 0.2) is 5.78 Å². The molecule has 2 aliphatic rings. The number of hydrogen-bond acceptors (Lipinski definition) is 5. The predicted molar refractivity (Wildman–Crippen MR) is 73.0 cm³/mol. The molecular weight excluding hydrogens is 274 g/mol. The highest BCUT2D eigenvalue weighted by Gasteiger charge is 2.51. The SMILES string of the molecule is CCOC(=O)C(C)(C)C(=O)CN1C(=O)C2CCCC2C1=O. The van der Waals surface area contributed by atoms with Gasteiger partial charge in [-0.2, -0.15) is 0 Å². The standard InChI is InChI=1S/C15H21NO5/c1-4-21-14(20)15(2,3)11(17)8-16-12(18)9-6-5-7-10(9)13(16)19/h9-10H,4-8H2,1-3H3. The normalized spacial score (nSPS) is 25.2. The maximum atomic E-state index is 12.3. The van der Waals surface area contributed by atoms with Gasteiger partial charge in [0.25, 0.3) is 0 Å². The van der Waals surface area contributed by atoms with Crippen molar-refractivity contribution in [1.29, 1.82) is 0 Å². The number of nitrogens with zero attached hydrogens (tertiary/aromatic N) is 1. The molecule has 0 spiro atoms. The van der Waals surface area contributed by atoms with Gasteiger partial charge in [0.05, 0.1) is 25.0 Å². The van der Waals surface area contributed by atoms with Gasteiger partial charge in [-0.15, -0.1) is 0 Å². The summed E-state index contributed by atoms with van der Waals surface area (Å²) >= 11 is 0. The molecule has 116 valence electrons. The topological polar surface area (TPSA) is 80.8 Å². The fourth-order valence-electron chi connectivity index (χ4n) is 2.98. The van der Waals surface area contributed by atoms with Crippen molar-refractivity contribution in [1.82, 2.24) is 4.90 Å². The van der Waals surface area contributed by atoms with E-state index in [-0.39, 0.29) is 36.8 Å². The van der Waals surface area contributed by atoms with Crippen molar-refractivity contribution in [3.8, 4) is 0 Å². The van der Waals surface area contributed by atoms with E-state index in [1.807, 2.05) is 0 Å². The Labute approximate surface area is 123 Å². The zero-order chi connectivity index (χ0) is 15.8. The third-order valence-corrected chi connectivity index (χ3v) is 4.47. The van der Waals surface area contributed by atoms with E-state index in [0.29, 0.717) is 12.8 Å². The molecule has 2 unspecified atom stereocenters. The molecule has 0 aromatic rings. The first-order valence-corrected chi connectivity index (χ1v) is 7.36. The van der Waals surface area contributed by atoms with Crippen molar-refractivity contribution in [2.75, 3.05) is 13.2 Å². The average molecular weight is 295 g/mol. The molecule has 0 aromatic carbocycles. The van der Waals surface area contributed by atoms with Crippen LogP contribution in [0.2, 0.25) is 0 Å². The number of rotatable bonds is 5. The summed E-state index contributed by atoms with van der Waals surface area (Å²) < 4.78 is 4.87. The number of hydrogen-bond donors (Lipinski definition) is 0. The predicted octanol–water partition coefficient (Wildman–Crippen LogP) is 0.930. The van der Waals surface area contributed by atoms with Crippen molar-refractivity contribution >= 4 is 23.6 Å². The lowest BCUT2D eigenvalue weighted by Crippen LogP contribution is -2.44. The van der Waals surface area contributed by atoms with E-state index in [1.54, 1.807) is 6.92 Å². The van der Waals surface area contributed by atoms with Gasteiger partial charge in [-0.25, -0.2) is 0 Å². The van der Waals surface area contributed by atoms with E-state index in [1.165, 1.54) is 13.8 Å². The van der Waals surface area contributed by atoms with Crippen LogP contribution >= 0.6 is 0 Å². The monoisotopic (exact) mass is 295 g/mol.